The zero-order valence-electron chi connectivity index (χ0n) is 6.28. The largest absolute Gasteiger partial charge is 0.347 e. The third kappa shape index (κ3) is 0.903. The van der Waals surface area contributed by atoms with Gasteiger partial charge >= 0.3 is 0 Å². The number of carbonyl (C=O) groups is 2. The molecule has 62 valence electrons. The molecule has 0 radical (unpaired) electrons. The van der Waals surface area contributed by atoms with Gasteiger partial charge in [0.1, 0.15) is 18.1 Å². The van der Waals surface area contributed by atoms with E-state index in [2.05, 4.69) is 10.3 Å². The Morgan fingerprint density at radius 2 is 2.50 bits per heavy atom. The maximum absolute atomic E-state index is 10.9. The van der Waals surface area contributed by atoms with Gasteiger partial charge in [-0.05, 0) is 0 Å². The zero-order valence-corrected chi connectivity index (χ0v) is 6.28. The summed E-state index contributed by atoms with van der Waals surface area (Å²) in [5.74, 6) is 0.653. The Hall–Kier alpha value is -1.65. The number of nitrogens with one attached hydrogen (secondary N) is 1. The van der Waals surface area contributed by atoms with Gasteiger partial charge < -0.3 is 9.88 Å². The summed E-state index contributed by atoms with van der Waals surface area (Å²) in [7, 11) is 0. The Labute approximate surface area is 68.4 Å². The summed E-state index contributed by atoms with van der Waals surface area (Å²) in [6, 6.07) is 0. The predicted molar refractivity (Wildman–Crippen MR) is 39.5 cm³/mol. The number of aromatic nitrogens is 2. The first-order valence-corrected chi connectivity index (χ1v) is 3.57. The lowest BCUT2D eigenvalue weighted by atomic mass is 10.4. The van der Waals surface area contributed by atoms with Gasteiger partial charge in [-0.15, -0.1) is 0 Å². The number of nitrogens with zero attached hydrogens (tertiary/aromatic N) is 2. The molecule has 1 aliphatic rings. The summed E-state index contributed by atoms with van der Waals surface area (Å²) in [5, 5.41) is 2.64. The first-order chi connectivity index (χ1) is 5.81. The molecule has 0 atom stereocenters. The number of aldehydes is 1. The van der Waals surface area contributed by atoms with Crippen LogP contribution in [0.5, 0.6) is 0 Å². The van der Waals surface area contributed by atoms with Gasteiger partial charge in [-0.25, -0.2) is 4.98 Å². The van der Waals surface area contributed by atoms with Gasteiger partial charge in [-0.1, -0.05) is 0 Å². The molecule has 1 aromatic heterocycles. The van der Waals surface area contributed by atoms with E-state index in [4.69, 9.17) is 0 Å². The summed E-state index contributed by atoms with van der Waals surface area (Å²) in [6.45, 7) is 0.607. The minimum atomic E-state index is -0.0800. The molecule has 5 nitrogen and oxygen atoms in total. The van der Waals surface area contributed by atoms with E-state index in [1.165, 1.54) is 6.20 Å². The van der Waals surface area contributed by atoms with Crippen molar-refractivity contribution in [3.63, 3.8) is 0 Å². The molecule has 2 rings (SSSR count). The van der Waals surface area contributed by atoms with Crippen molar-refractivity contribution in [2.45, 2.75) is 13.1 Å². The monoisotopic (exact) mass is 165 g/mol. The van der Waals surface area contributed by atoms with Crippen LogP contribution in [-0.4, -0.2) is 21.7 Å². The fraction of sp³-hybridized carbons (Fsp3) is 0.286. The Kier molecular flexibility index (Phi) is 1.43. The molecule has 0 aromatic carbocycles. The molecule has 0 unspecified atom stereocenters. The van der Waals surface area contributed by atoms with Crippen molar-refractivity contribution in [3.8, 4) is 0 Å². The molecule has 2 heterocycles. The van der Waals surface area contributed by atoms with Gasteiger partial charge in [-0.3, -0.25) is 9.59 Å². The van der Waals surface area contributed by atoms with Crippen LogP contribution >= 0.6 is 0 Å². The molecule has 12 heavy (non-hydrogen) atoms. The zero-order chi connectivity index (χ0) is 8.55. The number of hydrogen-bond donors (Lipinski definition) is 1. The number of imidazole rings is 1. The van der Waals surface area contributed by atoms with Crippen LogP contribution in [0.25, 0.3) is 0 Å². The van der Waals surface area contributed by atoms with Crippen LogP contribution in [0.15, 0.2) is 6.20 Å². The number of fused-ring (bicyclic) bond motifs is 1. The first-order valence-electron chi connectivity index (χ1n) is 3.57. The minimum absolute atomic E-state index is 0.0800. The van der Waals surface area contributed by atoms with E-state index < -0.39 is 0 Å². The highest BCUT2D eigenvalue weighted by Crippen LogP contribution is 2.06. The molecule has 0 saturated carbocycles. The summed E-state index contributed by atoms with van der Waals surface area (Å²) in [6.07, 6.45) is 2.18. The molecule has 0 spiro atoms. The maximum Gasteiger partial charge on any atom is 0.240 e. The maximum atomic E-state index is 10.9. The Balaban J connectivity index is 2.46. The summed E-state index contributed by atoms with van der Waals surface area (Å²) >= 11 is 0. The van der Waals surface area contributed by atoms with Crippen LogP contribution < -0.4 is 5.32 Å². The second-order valence-corrected chi connectivity index (χ2v) is 2.58. The molecule has 0 saturated heterocycles. The number of carbonyl (C=O) groups excluding carboxylic acids is 2. The van der Waals surface area contributed by atoms with Crippen LogP contribution in [0.4, 0.5) is 0 Å². The fourth-order valence-corrected chi connectivity index (χ4v) is 1.22. The lowest BCUT2D eigenvalue weighted by Crippen LogP contribution is -2.34. The normalized spacial score (nSPS) is 15.2. The van der Waals surface area contributed by atoms with Crippen molar-refractivity contribution >= 4 is 12.2 Å². The summed E-state index contributed by atoms with van der Waals surface area (Å²) in [5.41, 5.74) is 0.458. The van der Waals surface area contributed by atoms with E-state index in [1.807, 2.05) is 0 Å². The Morgan fingerprint density at radius 1 is 1.67 bits per heavy atom. The van der Waals surface area contributed by atoms with Gasteiger partial charge in [0.25, 0.3) is 0 Å². The highest BCUT2D eigenvalue weighted by molar-refractivity contribution is 5.79. The number of amides is 1. The standard InChI is InChI=1S/C7H7N3O2/c11-4-5-1-8-6-2-9-7(12)3-10(5)6/h1,4H,2-3H2,(H,9,12). The van der Waals surface area contributed by atoms with Crippen LogP contribution in [0.3, 0.4) is 0 Å². The minimum Gasteiger partial charge on any atom is -0.347 e. The van der Waals surface area contributed by atoms with Crippen molar-refractivity contribution in [2.24, 2.45) is 0 Å². The molecule has 1 amide bonds. The molecular weight excluding hydrogens is 158 g/mol. The van der Waals surface area contributed by atoms with Gasteiger partial charge in [0.05, 0.1) is 12.7 Å². The highest BCUT2D eigenvalue weighted by atomic mass is 16.2. The molecule has 1 N–H and O–H groups in total. The van der Waals surface area contributed by atoms with Gasteiger partial charge in [0.2, 0.25) is 5.91 Å². The quantitative estimate of drug-likeness (QED) is 0.561. The van der Waals surface area contributed by atoms with Crippen LogP contribution in [-0.2, 0) is 17.9 Å². The number of hydrogen-bond acceptors (Lipinski definition) is 3. The van der Waals surface area contributed by atoms with E-state index in [-0.39, 0.29) is 12.5 Å². The van der Waals surface area contributed by atoms with E-state index in [0.29, 0.717) is 18.5 Å². The van der Waals surface area contributed by atoms with Crippen LogP contribution in [0.2, 0.25) is 0 Å². The van der Waals surface area contributed by atoms with Crippen LogP contribution in [0.1, 0.15) is 16.3 Å². The first kappa shape index (κ1) is 7.02. The predicted octanol–water partition coefficient (Wildman–Crippen LogP) is -0.675. The summed E-state index contributed by atoms with van der Waals surface area (Å²) < 4.78 is 1.62. The number of rotatable bonds is 1. The van der Waals surface area contributed by atoms with Gasteiger partial charge in [0.15, 0.2) is 6.29 Å². The third-order valence-corrected chi connectivity index (χ3v) is 1.84. The second-order valence-electron chi connectivity index (χ2n) is 2.58. The van der Waals surface area contributed by atoms with Crippen molar-refractivity contribution in [1.82, 2.24) is 14.9 Å². The second kappa shape index (κ2) is 2.44. The van der Waals surface area contributed by atoms with Crippen molar-refractivity contribution < 1.29 is 9.59 Å². The smallest absolute Gasteiger partial charge is 0.240 e. The molecule has 1 aromatic rings. The van der Waals surface area contributed by atoms with Crippen molar-refractivity contribution in [1.29, 1.82) is 0 Å². The molecular formula is C7H7N3O2. The van der Waals surface area contributed by atoms with Gasteiger partial charge in [-0.2, -0.15) is 0 Å². The lowest BCUT2D eigenvalue weighted by molar-refractivity contribution is -0.122. The molecule has 0 fully saturated rings. The van der Waals surface area contributed by atoms with E-state index in [0.717, 1.165) is 5.82 Å². The molecule has 0 bridgehead atoms. The van der Waals surface area contributed by atoms with E-state index in [1.54, 1.807) is 4.57 Å². The average Bonchev–Trinajstić information content (AvgIpc) is 2.46. The molecule has 5 heteroatoms. The highest BCUT2D eigenvalue weighted by Gasteiger charge is 2.17. The van der Waals surface area contributed by atoms with Crippen molar-refractivity contribution in [3.05, 3.63) is 17.7 Å². The molecule has 1 aliphatic heterocycles. The van der Waals surface area contributed by atoms with E-state index >= 15 is 0 Å². The SMILES string of the molecule is O=Cc1cnc2n1CC(=O)NC2. The summed E-state index contributed by atoms with van der Waals surface area (Å²) in [4.78, 5) is 25.3. The fourth-order valence-electron chi connectivity index (χ4n) is 1.22. The van der Waals surface area contributed by atoms with Crippen LogP contribution in [0, 0.1) is 0 Å². The van der Waals surface area contributed by atoms with E-state index in [9.17, 15) is 9.59 Å². The van der Waals surface area contributed by atoms with Gasteiger partial charge in [0, 0.05) is 0 Å². The Bertz CT molecular complexity index is 342. The molecule has 0 aliphatic carbocycles. The Morgan fingerprint density at radius 3 is 3.25 bits per heavy atom. The van der Waals surface area contributed by atoms with Crippen molar-refractivity contribution in [2.75, 3.05) is 0 Å². The lowest BCUT2D eigenvalue weighted by Gasteiger charge is -2.14. The average molecular weight is 165 g/mol. The topological polar surface area (TPSA) is 64.0 Å². The third-order valence-electron chi connectivity index (χ3n) is 1.84.